The van der Waals surface area contributed by atoms with Crippen LogP contribution in [0.25, 0.3) is 0 Å². The number of halogens is 2. The number of hydrogen-bond donors (Lipinski definition) is 2. The third-order valence-corrected chi connectivity index (χ3v) is 6.92. The first-order valence-electron chi connectivity index (χ1n) is 10.3. The Labute approximate surface area is 185 Å². The van der Waals surface area contributed by atoms with Gasteiger partial charge in [-0.05, 0) is 48.6 Å². The van der Waals surface area contributed by atoms with E-state index in [0.29, 0.717) is 22.0 Å². The van der Waals surface area contributed by atoms with Crippen molar-refractivity contribution in [1.82, 2.24) is 0 Å². The SMILES string of the molecule is OC[C@@H](O)[C@H]1OC2(C=C3CCCC3=CC2)O[C@H]2COC(c3ccc(Cl)c(Cl)c3)O[C@@H]12. The van der Waals surface area contributed by atoms with Gasteiger partial charge in [0.15, 0.2) is 12.1 Å². The van der Waals surface area contributed by atoms with Crippen LogP contribution in [0.1, 0.15) is 37.5 Å². The van der Waals surface area contributed by atoms with Gasteiger partial charge in [-0.3, -0.25) is 0 Å². The van der Waals surface area contributed by atoms with Crippen molar-refractivity contribution >= 4 is 23.2 Å². The molecule has 0 aromatic heterocycles. The van der Waals surface area contributed by atoms with E-state index in [1.807, 2.05) is 6.08 Å². The molecule has 6 nitrogen and oxygen atoms in total. The van der Waals surface area contributed by atoms with Gasteiger partial charge in [-0.1, -0.05) is 35.3 Å². The molecule has 2 unspecified atom stereocenters. The van der Waals surface area contributed by atoms with Crippen LogP contribution >= 0.6 is 23.2 Å². The van der Waals surface area contributed by atoms with E-state index in [9.17, 15) is 10.2 Å². The van der Waals surface area contributed by atoms with Gasteiger partial charge in [0.2, 0.25) is 0 Å². The van der Waals surface area contributed by atoms with Crippen molar-refractivity contribution in [3.8, 4) is 0 Å². The fourth-order valence-corrected chi connectivity index (χ4v) is 5.00. The van der Waals surface area contributed by atoms with E-state index in [-0.39, 0.29) is 6.61 Å². The summed E-state index contributed by atoms with van der Waals surface area (Å²) in [7, 11) is 0. The van der Waals surface area contributed by atoms with Crippen LogP contribution in [-0.2, 0) is 18.9 Å². The number of rotatable bonds is 3. The summed E-state index contributed by atoms with van der Waals surface area (Å²) < 4.78 is 24.7. The Kier molecular flexibility index (Phi) is 5.71. The molecular formula is C22H24Cl2O6. The summed E-state index contributed by atoms with van der Waals surface area (Å²) in [5.74, 6) is -0.978. The Balaban J connectivity index is 1.40. The van der Waals surface area contributed by atoms with Crippen LogP contribution in [0.5, 0.6) is 0 Å². The molecule has 0 radical (unpaired) electrons. The average Bonchev–Trinajstić information content (AvgIpc) is 3.21. The summed E-state index contributed by atoms with van der Waals surface area (Å²) in [5.41, 5.74) is 3.30. The smallest absolute Gasteiger partial charge is 0.192 e. The van der Waals surface area contributed by atoms with Crippen LogP contribution < -0.4 is 0 Å². The quantitative estimate of drug-likeness (QED) is 0.725. The van der Waals surface area contributed by atoms with Crippen molar-refractivity contribution in [1.29, 1.82) is 0 Å². The lowest BCUT2D eigenvalue weighted by molar-refractivity contribution is -0.393. The molecule has 2 aliphatic heterocycles. The predicted molar refractivity (Wildman–Crippen MR) is 110 cm³/mol. The Hall–Kier alpha value is -0.960. The van der Waals surface area contributed by atoms with Crippen molar-refractivity contribution in [2.45, 2.75) is 62.2 Å². The Morgan fingerprint density at radius 3 is 2.77 bits per heavy atom. The third-order valence-electron chi connectivity index (χ3n) is 6.18. The van der Waals surface area contributed by atoms with E-state index in [1.165, 1.54) is 11.1 Å². The summed E-state index contributed by atoms with van der Waals surface area (Å²) in [6.07, 6.45) is 4.30. The first-order valence-corrected chi connectivity index (χ1v) is 11.0. The number of ether oxygens (including phenoxy) is 4. The van der Waals surface area contributed by atoms with Crippen molar-refractivity contribution in [3.05, 3.63) is 57.1 Å². The molecule has 3 fully saturated rings. The molecular weight excluding hydrogens is 431 g/mol. The van der Waals surface area contributed by atoms with Crippen molar-refractivity contribution in [2.24, 2.45) is 0 Å². The summed E-state index contributed by atoms with van der Waals surface area (Å²) in [6.45, 7) is -0.182. The minimum atomic E-state index is -1.11. The number of aliphatic hydroxyl groups is 2. The van der Waals surface area contributed by atoms with E-state index >= 15 is 0 Å². The molecule has 1 spiro atoms. The first kappa shape index (κ1) is 20.9. The van der Waals surface area contributed by atoms with Crippen molar-refractivity contribution in [3.63, 3.8) is 0 Å². The van der Waals surface area contributed by atoms with E-state index in [1.54, 1.807) is 18.2 Å². The highest BCUT2D eigenvalue weighted by Crippen LogP contribution is 2.45. The van der Waals surface area contributed by atoms with Crippen LogP contribution in [-0.4, -0.2) is 53.6 Å². The minimum Gasteiger partial charge on any atom is -0.394 e. The van der Waals surface area contributed by atoms with Gasteiger partial charge in [-0.15, -0.1) is 0 Å². The average molecular weight is 455 g/mol. The molecule has 5 rings (SSSR count). The van der Waals surface area contributed by atoms with Crippen LogP contribution in [0.4, 0.5) is 0 Å². The number of allylic oxidation sites excluding steroid dienone is 2. The molecule has 2 N–H and O–H groups in total. The van der Waals surface area contributed by atoms with Gasteiger partial charge in [-0.2, -0.15) is 0 Å². The maximum absolute atomic E-state index is 10.5. The molecule has 1 saturated carbocycles. The second kappa shape index (κ2) is 8.19. The highest BCUT2D eigenvalue weighted by atomic mass is 35.5. The Bertz CT molecular complexity index is 886. The lowest BCUT2D eigenvalue weighted by Crippen LogP contribution is -2.64. The van der Waals surface area contributed by atoms with Crippen LogP contribution in [0.15, 0.2) is 41.5 Å². The zero-order chi connectivity index (χ0) is 20.9. The number of fused-ring (bicyclic) bond motifs is 2. The largest absolute Gasteiger partial charge is 0.394 e. The van der Waals surface area contributed by atoms with Gasteiger partial charge in [0.1, 0.15) is 24.4 Å². The molecule has 30 heavy (non-hydrogen) atoms. The number of hydrogen-bond acceptors (Lipinski definition) is 6. The van der Waals surface area contributed by atoms with E-state index < -0.39 is 43.1 Å². The molecule has 6 atom stereocenters. The Morgan fingerprint density at radius 1 is 1.13 bits per heavy atom. The summed E-state index contributed by atoms with van der Waals surface area (Å²) in [6, 6.07) is 5.15. The number of aliphatic hydroxyl groups excluding tert-OH is 2. The highest BCUT2D eigenvalue weighted by Gasteiger charge is 2.53. The van der Waals surface area contributed by atoms with Crippen LogP contribution in [0, 0.1) is 0 Å². The molecule has 162 valence electrons. The molecule has 0 amide bonds. The third kappa shape index (κ3) is 3.74. The molecule has 4 aliphatic rings. The van der Waals surface area contributed by atoms with Gasteiger partial charge >= 0.3 is 0 Å². The standard InChI is InChI=1S/C22H24Cl2O6/c23-15-5-4-13(8-16(15)24)21-27-11-18-20(28-21)19(17(26)10-25)30-22(29-18)7-6-12-2-1-3-14(12)9-22/h4-6,8-9,17-21,25-26H,1-3,7,10-11H2/t17-,18+,19-,20-,21?,22?/m1/s1. The predicted octanol–water partition coefficient (Wildman–Crippen LogP) is 3.68. The first-order chi connectivity index (χ1) is 14.5. The molecule has 2 saturated heterocycles. The fourth-order valence-electron chi connectivity index (χ4n) is 4.70. The van der Waals surface area contributed by atoms with Crippen LogP contribution in [0.3, 0.4) is 0 Å². The maximum Gasteiger partial charge on any atom is 0.192 e. The van der Waals surface area contributed by atoms with Gasteiger partial charge in [0.25, 0.3) is 0 Å². The lowest BCUT2D eigenvalue weighted by atomic mass is 9.92. The molecule has 2 heterocycles. The molecule has 2 aliphatic carbocycles. The van der Waals surface area contributed by atoms with Crippen molar-refractivity contribution < 1.29 is 29.2 Å². The molecule has 8 heteroatoms. The van der Waals surface area contributed by atoms with Crippen molar-refractivity contribution in [2.75, 3.05) is 13.2 Å². The minimum absolute atomic E-state index is 0.259. The van der Waals surface area contributed by atoms with Gasteiger partial charge in [-0.25, -0.2) is 0 Å². The van der Waals surface area contributed by atoms with E-state index in [2.05, 4.69) is 6.08 Å². The second-order valence-corrected chi connectivity index (χ2v) is 9.01. The summed E-state index contributed by atoms with van der Waals surface area (Å²) in [5, 5.41) is 21.0. The van der Waals surface area contributed by atoms with Gasteiger partial charge in [0.05, 0.1) is 23.3 Å². The zero-order valence-electron chi connectivity index (χ0n) is 16.3. The molecule has 1 aromatic rings. The monoisotopic (exact) mass is 454 g/mol. The summed E-state index contributed by atoms with van der Waals surface area (Å²) in [4.78, 5) is 0. The normalized spacial score (nSPS) is 36.7. The zero-order valence-corrected chi connectivity index (χ0v) is 17.8. The van der Waals surface area contributed by atoms with E-state index in [0.717, 1.165) is 19.3 Å². The maximum atomic E-state index is 10.5. The topological polar surface area (TPSA) is 77.4 Å². The second-order valence-electron chi connectivity index (χ2n) is 8.20. The molecule has 0 bridgehead atoms. The Morgan fingerprint density at radius 2 is 1.97 bits per heavy atom. The fraction of sp³-hybridized carbons (Fsp3) is 0.545. The molecule has 1 aromatic carbocycles. The van der Waals surface area contributed by atoms with Gasteiger partial charge in [0, 0.05) is 12.0 Å². The van der Waals surface area contributed by atoms with Gasteiger partial charge < -0.3 is 29.2 Å². The lowest BCUT2D eigenvalue weighted by Gasteiger charge is -2.51. The number of benzene rings is 1. The van der Waals surface area contributed by atoms with E-state index in [4.69, 9.17) is 42.1 Å². The summed E-state index contributed by atoms with van der Waals surface area (Å²) >= 11 is 12.1. The van der Waals surface area contributed by atoms with Crippen LogP contribution in [0.2, 0.25) is 10.0 Å². The highest BCUT2D eigenvalue weighted by molar-refractivity contribution is 6.42.